The molecule has 0 radical (unpaired) electrons. The third-order valence-electron chi connectivity index (χ3n) is 3.03. The van der Waals surface area contributed by atoms with Crippen molar-refractivity contribution in [2.45, 2.75) is 34.0 Å². The second kappa shape index (κ2) is 3.69. The number of hydrogen-bond donors (Lipinski definition) is 0. The van der Waals surface area contributed by atoms with Gasteiger partial charge < -0.3 is 9.47 Å². The quantitative estimate of drug-likeness (QED) is 0.506. The molecule has 3 atom stereocenters. The second-order valence-corrected chi connectivity index (χ2v) is 3.78. The Balaban J connectivity index is 2.90. The Kier molecular flexibility index (Phi) is 2.95. The van der Waals surface area contributed by atoms with Gasteiger partial charge in [0.2, 0.25) is 6.29 Å². The van der Waals surface area contributed by atoms with Crippen molar-refractivity contribution in [1.29, 1.82) is 0 Å². The molecule has 1 unspecified atom stereocenters. The maximum absolute atomic E-state index is 11.5. The van der Waals surface area contributed by atoms with Crippen LogP contribution in [0.3, 0.4) is 0 Å². The fourth-order valence-corrected chi connectivity index (χ4v) is 1.59. The topological polar surface area (TPSA) is 52.6 Å². The molecule has 0 N–H and O–H groups in total. The molecule has 0 aromatic rings. The minimum atomic E-state index is -1.04. The van der Waals surface area contributed by atoms with Crippen molar-refractivity contribution in [2.24, 2.45) is 11.3 Å². The first kappa shape index (κ1) is 11.2. The van der Waals surface area contributed by atoms with E-state index in [1.54, 1.807) is 13.8 Å². The van der Waals surface area contributed by atoms with Gasteiger partial charge in [-0.2, -0.15) is 0 Å². The SMILES string of the molecule is CCOC1OC(=O)[C@](C)(C(C)=O)[C@@H]1C. The number of cyclic esters (lactones) is 1. The van der Waals surface area contributed by atoms with Gasteiger partial charge in [-0.25, -0.2) is 0 Å². The fourth-order valence-electron chi connectivity index (χ4n) is 1.59. The first-order chi connectivity index (χ1) is 6.44. The number of ether oxygens (including phenoxy) is 2. The number of Topliss-reactive ketones (excluding diaryl/α,β-unsaturated/α-hetero) is 1. The molecule has 1 fully saturated rings. The summed E-state index contributed by atoms with van der Waals surface area (Å²) < 4.78 is 10.2. The lowest BCUT2D eigenvalue weighted by molar-refractivity contribution is -0.166. The Morgan fingerprint density at radius 3 is 2.57 bits per heavy atom. The van der Waals surface area contributed by atoms with Crippen LogP contribution in [0.4, 0.5) is 0 Å². The Morgan fingerprint density at radius 1 is 1.64 bits per heavy atom. The van der Waals surface area contributed by atoms with Gasteiger partial charge in [0.25, 0.3) is 0 Å². The molecular weight excluding hydrogens is 184 g/mol. The Morgan fingerprint density at radius 2 is 2.21 bits per heavy atom. The Labute approximate surface area is 83.6 Å². The lowest BCUT2D eigenvalue weighted by Gasteiger charge is -2.22. The molecule has 1 rings (SSSR count). The van der Waals surface area contributed by atoms with Crippen LogP contribution < -0.4 is 0 Å². The summed E-state index contributed by atoms with van der Waals surface area (Å²) >= 11 is 0. The third-order valence-corrected chi connectivity index (χ3v) is 3.03. The highest BCUT2D eigenvalue weighted by molar-refractivity contribution is 6.03. The van der Waals surface area contributed by atoms with Crippen LogP contribution in [0.1, 0.15) is 27.7 Å². The minimum absolute atomic E-state index is 0.169. The second-order valence-electron chi connectivity index (χ2n) is 3.78. The van der Waals surface area contributed by atoms with E-state index < -0.39 is 17.7 Å². The molecule has 0 aromatic carbocycles. The highest BCUT2D eigenvalue weighted by atomic mass is 16.7. The average Bonchev–Trinajstić information content (AvgIpc) is 2.32. The zero-order valence-corrected chi connectivity index (χ0v) is 8.99. The number of carbonyl (C=O) groups is 2. The third kappa shape index (κ3) is 1.43. The van der Waals surface area contributed by atoms with E-state index in [1.807, 2.05) is 6.92 Å². The molecule has 4 nitrogen and oxygen atoms in total. The van der Waals surface area contributed by atoms with Crippen molar-refractivity contribution < 1.29 is 19.1 Å². The first-order valence-electron chi connectivity index (χ1n) is 4.78. The van der Waals surface area contributed by atoms with E-state index in [0.717, 1.165) is 0 Å². The normalized spacial score (nSPS) is 37.0. The predicted octanol–water partition coefficient (Wildman–Crippen LogP) is 1.14. The van der Waals surface area contributed by atoms with Crippen LogP contribution >= 0.6 is 0 Å². The van der Waals surface area contributed by atoms with E-state index in [-0.39, 0.29) is 11.7 Å². The van der Waals surface area contributed by atoms with Crippen LogP contribution in [-0.4, -0.2) is 24.6 Å². The highest BCUT2D eigenvalue weighted by Gasteiger charge is 2.55. The van der Waals surface area contributed by atoms with Crippen molar-refractivity contribution in [3.05, 3.63) is 0 Å². The molecule has 1 aliphatic rings. The molecule has 0 saturated carbocycles. The summed E-state index contributed by atoms with van der Waals surface area (Å²) in [4.78, 5) is 22.9. The van der Waals surface area contributed by atoms with Crippen LogP contribution in [-0.2, 0) is 19.1 Å². The van der Waals surface area contributed by atoms with Crippen LogP contribution in [0.2, 0.25) is 0 Å². The highest BCUT2D eigenvalue weighted by Crippen LogP contribution is 2.40. The van der Waals surface area contributed by atoms with Gasteiger partial charge in [-0.05, 0) is 20.8 Å². The number of ketones is 1. The maximum Gasteiger partial charge on any atom is 0.322 e. The van der Waals surface area contributed by atoms with Crippen LogP contribution in [0.15, 0.2) is 0 Å². The van der Waals surface area contributed by atoms with E-state index in [9.17, 15) is 9.59 Å². The fraction of sp³-hybridized carbons (Fsp3) is 0.800. The van der Waals surface area contributed by atoms with Crippen LogP contribution in [0.25, 0.3) is 0 Å². The van der Waals surface area contributed by atoms with Crippen molar-refractivity contribution in [2.75, 3.05) is 6.61 Å². The van der Waals surface area contributed by atoms with Gasteiger partial charge in [0.15, 0.2) is 0 Å². The molecule has 1 heterocycles. The Bertz CT molecular complexity index is 261. The van der Waals surface area contributed by atoms with E-state index >= 15 is 0 Å². The number of rotatable bonds is 3. The zero-order chi connectivity index (χ0) is 10.9. The molecule has 0 bridgehead atoms. The van der Waals surface area contributed by atoms with Gasteiger partial charge in [-0.1, -0.05) is 6.92 Å². The average molecular weight is 200 g/mol. The zero-order valence-electron chi connectivity index (χ0n) is 8.99. The largest absolute Gasteiger partial charge is 0.435 e. The molecule has 0 spiro atoms. The molecule has 0 amide bonds. The first-order valence-corrected chi connectivity index (χ1v) is 4.78. The van der Waals surface area contributed by atoms with Crippen molar-refractivity contribution in [1.82, 2.24) is 0 Å². The minimum Gasteiger partial charge on any atom is -0.435 e. The lowest BCUT2D eigenvalue weighted by atomic mass is 9.77. The van der Waals surface area contributed by atoms with Crippen molar-refractivity contribution >= 4 is 11.8 Å². The molecule has 14 heavy (non-hydrogen) atoms. The smallest absolute Gasteiger partial charge is 0.322 e. The van der Waals surface area contributed by atoms with Gasteiger partial charge in [-0.15, -0.1) is 0 Å². The molecular formula is C10H16O4. The summed E-state index contributed by atoms with van der Waals surface area (Å²) in [6.45, 7) is 7.11. The summed E-state index contributed by atoms with van der Waals surface area (Å²) in [7, 11) is 0. The molecule has 1 saturated heterocycles. The lowest BCUT2D eigenvalue weighted by Crippen LogP contribution is -2.37. The standard InChI is InChI=1S/C10H16O4/c1-5-13-8-6(2)10(4,7(3)11)9(12)14-8/h6,8H,5H2,1-4H3/t6-,8?,10+/m1/s1. The number of hydrogen-bond acceptors (Lipinski definition) is 4. The number of carbonyl (C=O) groups excluding carboxylic acids is 2. The predicted molar refractivity (Wildman–Crippen MR) is 49.5 cm³/mol. The van der Waals surface area contributed by atoms with Crippen LogP contribution in [0.5, 0.6) is 0 Å². The van der Waals surface area contributed by atoms with E-state index in [0.29, 0.717) is 6.61 Å². The van der Waals surface area contributed by atoms with Gasteiger partial charge >= 0.3 is 5.97 Å². The van der Waals surface area contributed by atoms with Gasteiger partial charge in [0.1, 0.15) is 11.2 Å². The summed E-state index contributed by atoms with van der Waals surface area (Å²) in [6.07, 6.45) is -0.582. The maximum atomic E-state index is 11.5. The molecule has 0 aromatic heterocycles. The summed E-state index contributed by atoms with van der Waals surface area (Å²) in [5.74, 6) is -0.874. The van der Waals surface area contributed by atoms with Gasteiger partial charge in [-0.3, -0.25) is 9.59 Å². The number of esters is 1. The van der Waals surface area contributed by atoms with Crippen molar-refractivity contribution in [3.63, 3.8) is 0 Å². The van der Waals surface area contributed by atoms with Gasteiger partial charge in [0, 0.05) is 12.5 Å². The molecule has 1 aliphatic heterocycles. The van der Waals surface area contributed by atoms with E-state index in [4.69, 9.17) is 9.47 Å². The Hall–Kier alpha value is -0.900. The van der Waals surface area contributed by atoms with Crippen LogP contribution in [0, 0.1) is 11.3 Å². The summed E-state index contributed by atoms with van der Waals surface area (Å²) in [6, 6.07) is 0. The molecule has 0 aliphatic carbocycles. The molecule has 80 valence electrons. The molecule has 4 heteroatoms. The van der Waals surface area contributed by atoms with E-state index in [2.05, 4.69) is 0 Å². The van der Waals surface area contributed by atoms with Crippen molar-refractivity contribution in [3.8, 4) is 0 Å². The van der Waals surface area contributed by atoms with Gasteiger partial charge in [0.05, 0.1) is 0 Å². The summed E-state index contributed by atoms with van der Waals surface area (Å²) in [5, 5.41) is 0. The summed E-state index contributed by atoms with van der Waals surface area (Å²) in [5.41, 5.74) is -1.04. The monoisotopic (exact) mass is 200 g/mol. The van der Waals surface area contributed by atoms with E-state index in [1.165, 1.54) is 6.92 Å².